The summed E-state index contributed by atoms with van der Waals surface area (Å²) in [6.07, 6.45) is 1.99. The van der Waals surface area contributed by atoms with Gasteiger partial charge in [-0.25, -0.2) is 9.59 Å². The molecule has 0 aliphatic heterocycles. The topological polar surface area (TPSA) is 97.6 Å². The highest BCUT2D eigenvalue weighted by atomic mass is 16.6. The van der Waals surface area contributed by atoms with Crippen LogP contribution in [0.1, 0.15) is 45.9 Å². The summed E-state index contributed by atoms with van der Waals surface area (Å²) in [6, 6.07) is 14.9. The number of alkyl carbamates (subject to hydrolysis) is 1. The van der Waals surface area contributed by atoms with Crippen LogP contribution in [0.3, 0.4) is 0 Å². The maximum atomic E-state index is 13.6. The van der Waals surface area contributed by atoms with Crippen LogP contribution in [0.25, 0.3) is 28.0 Å². The summed E-state index contributed by atoms with van der Waals surface area (Å²) < 4.78 is 7.14. The van der Waals surface area contributed by atoms with Crippen LogP contribution in [0.4, 0.5) is 4.79 Å². The first-order chi connectivity index (χ1) is 16.5. The molecule has 0 saturated heterocycles. The number of hydrogen-bond acceptors (Lipinski definition) is 4. The summed E-state index contributed by atoms with van der Waals surface area (Å²) in [5.41, 5.74) is 2.19. The Labute approximate surface area is 205 Å². The van der Waals surface area contributed by atoms with Crippen LogP contribution in [-0.2, 0) is 22.6 Å². The zero-order chi connectivity index (χ0) is 25.8. The number of aliphatic carboxylic acids is 1. The van der Waals surface area contributed by atoms with Gasteiger partial charge in [0.25, 0.3) is 5.56 Å². The monoisotopic (exact) mass is 476 g/mol. The highest BCUT2D eigenvalue weighted by Crippen LogP contribution is 2.32. The number of nitrogens with zero attached hydrogens (tertiary/aromatic N) is 1. The number of carbonyl (C=O) groups excluding carboxylic acids is 1. The van der Waals surface area contributed by atoms with E-state index in [1.54, 1.807) is 37.5 Å². The average Bonchev–Trinajstić information content (AvgIpc) is 2.77. The zero-order valence-corrected chi connectivity index (χ0v) is 20.8. The Kier molecular flexibility index (Phi) is 7.79. The van der Waals surface area contributed by atoms with E-state index < -0.39 is 17.7 Å². The first-order valence-corrected chi connectivity index (χ1v) is 11.6. The lowest BCUT2D eigenvalue weighted by molar-refractivity contribution is -0.131. The van der Waals surface area contributed by atoms with Crippen LogP contribution in [0.15, 0.2) is 59.4 Å². The second-order valence-corrected chi connectivity index (χ2v) is 9.83. The van der Waals surface area contributed by atoms with Crippen molar-refractivity contribution in [2.45, 2.75) is 53.3 Å². The zero-order valence-electron chi connectivity index (χ0n) is 20.8. The van der Waals surface area contributed by atoms with E-state index in [2.05, 4.69) is 5.32 Å². The third-order valence-corrected chi connectivity index (χ3v) is 5.23. The molecule has 0 saturated carbocycles. The van der Waals surface area contributed by atoms with Crippen LogP contribution in [0.2, 0.25) is 0 Å². The first-order valence-electron chi connectivity index (χ1n) is 11.6. The molecule has 0 fully saturated rings. The number of benzene rings is 2. The predicted octanol–water partition coefficient (Wildman–Crippen LogP) is 5.45. The van der Waals surface area contributed by atoms with Crippen LogP contribution < -0.4 is 10.9 Å². The summed E-state index contributed by atoms with van der Waals surface area (Å²) in [5.74, 6) is -0.866. The maximum absolute atomic E-state index is 13.6. The van der Waals surface area contributed by atoms with Crippen molar-refractivity contribution >= 4 is 28.9 Å². The van der Waals surface area contributed by atoms with Crippen molar-refractivity contribution in [2.75, 3.05) is 0 Å². The van der Waals surface area contributed by atoms with Crippen LogP contribution in [-0.4, -0.2) is 27.3 Å². The van der Waals surface area contributed by atoms with Crippen molar-refractivity contribution in [3.63, 3.8) is 0 Å². The number of pyridine rings is 1. The molecule has 2 N–H and O–H groups in total. The summed E-state index contributed by atoms with van der Waals surface area (Å²) in [6.45, 7) is 10.00. The first kappa shape index (κ1) is 25.7. The molecule has 1 amide bonds. The SMILES string of the molecule is CC(C)Cn1c(CNC(=O)OC(C)(C)C)c(-c2ccccc2)c2cc(C=CC(=O)O)ccc2c1=O. The van der Waals surface area contributed by atoms with Gasteiger partial charge >= 0.3 is 12.1 Å². The molecule has 0 radical (unpaired) electrons. The molecule has 0 spiro atoms. The summed E-state index contributed by atoms with van der Waals surface area (Å²) in [4.78, 5) is 37.1. The predicted molar refractivity (Wildman–Crippen MR) is 138 cm³/mol. The van der Waals surface area contributed by atoms with Gasteiger partial charge in [0.2, 0.25) is 0 Å². The van der Waals surface area contributed by atoms with Crippen molar-refractivity contribution in [3.05, 3.63) is 76.2 Å². The molecule has 0 atom stereocenters. The summed E-state index contributed by atoms with van der Waals surface area (Å²) >= 11 is 0. The molecule has 0 aliphatic rings. The normalized spacial score (nSPS) is 11.8. The molecule has 1 heterocycles. The lowest BCUT2D eigenvalue weighted by Crippen LogP contribution is -2.35. The molecule has 0 bridgehead atoms. The maximum Gasteiger partial charge on any atom is 0.407 e. The minimum absolute atomic E-state index is 0.0895. The number of carboxylic acids is 1. The fraction of sp³-hybridized carbons (Fsp3) is 0.321. The molecule has 7 heteroatoms. The smallest absolute Gasteiger partial charge is 0.407 e. The number of nitrogens with one attached hydrogen (secondary N) is 1. The molecule has 35 heavy (non-hydrogen) atoms. The average molecular weight is 477 g/mol. The van der Waals surface area contributed by atoms with E-state index in [-0.39, 0.29) is 18.0 Å². The number of carbonyl (C=O) groups is 2. The van der Waals surface area contributed by atoms with Gasteiger partial charge < -0.3 is 19.7 Å². The van der Waals surface area contributed by atoms with Crippen LogP contribution in [0.5, 0.6) is 0 Å². The fourth-order valence-corrected chi connectivity index (χ4v) is 3.92. The van der Waals surface area contributed by atoms with E-state index in [1.165, 1.54) is 6.08 Å². The number of fused-ring (bicyclic) bond motifs is 1. The number of carboxylic acid groups (broad SMARTS) is 1. The van der Waals surface area contributed by atoms with Gasteiger partial charge in [-0.15, -0.1) is 0 Å². The third-order valence-electron chi connectivity index (χ3n) is 5.23. The van der Waals surface area contributed by atoms with Crippen molar-refractivity contribution in [1.29, 1.82) is 0 Å². The highest BCUT2D eigenvalue weighted by Gasteiger charge is 2.21. The van der Waals surface area contributed by atoms with Crippen LogP contribution >= 0.6 is 0 Å². The quantitative estimate of drug-likeness (QED) is 0.442. The standard InChI is InChI=1S/C28H32N2O5/c1-18(2)17-30-23(16-29-27(34)35-28(3,4)5)25(20-9-7-6-8-10-20)22-15-19(12-14-24(31)32)11-13-21(22)26(30)33/h6-15,18H,16-17H2,1-5H3,(H,29,34)(H,31,32). The molecule has 1 aromatic heterocycles. The molecule has 3 rings (SSSR count). The summed E-state index contributed by atoms with van der Waals surface area (Å²) in [7, 11) is 0. The summed E-state index contributed by atoms with van der Waals surface area (Å²) in [5, 5.41) is 13.1. The van der Waals surface area contributed by atoms with E-state index >= 15 is 0 Å². The Morgan fingerprint density at radius 2 is 1.77 bits per heavy atom. The largest absolute Gasteiger partial charge is 0.478 e. The number of amides is 1. The van der Waals surface area contributed by atoms with Crippen molar-refractivity contribution < 1.29 is 19.4 Å². The Morgan fingerprint density at radius 1 is 1.09 bits per heavy atom. The third kappa shape index (κ3) is 6.59. The minimum atomic E-state index is -1.05. The number of hydrogen-bond donors (Lipinski definition) is 2. The lowest BCUT2D eigenvalue weighted by atomic mass is 9.94. The Bertz CT molecular complexity index is 1320. The van der Waals surface area contributed by atoms with E-state index in [1.807, 2.05) is 50.2 Å². The highest BCUT2D eigenvalue weighted by molar-refractivity contribution is 5.99. The van der Waals surface area contributed by atoms with Gasteiger partial charge in [0.05, 0.1) is 6.54 Å². The lowest BCUT2D eigenvalue weighted by Gasteiger charge is -2.23. The molecule has 0 aliphatic carbocycles. The molecule has 2 aromatic carbocycles. The second kappa shape index (κ2) is 10.6. The number of rotatable bonds is 7. The van der Waals surface area contributed by atoms with Crippen molar-refractivity contribution in [1.82, 2.24) is 9.88 Å². The van der Waals surface area contributed by atoms with Gasteiger partial charge in [-0.1, -0.05) is 50.2 Å². The minimum Gasteiger partial charge on any atom is -0.478 e. The molecule has 3 aromatic rings. The number of aromatic nitrogens is 1. The second-order valence-electron chi connectivity index (χ2n) is 9.83. The van der Waals surface area contributed by atoms with Gasteiger partial charge in [-0.05, 0) is 61.4 Å². The number of ether oxygens (including phenoxy) is 1. The molecule has 184 valence electrons. The molecular weight excluding hydrogens is 444 g/mol. The van der Waals surface area contributed by atoms with Gasteiger partial charge in [-0.2, -0.15) is 0 Å². The Hall–Kier alpha value is -3.87. The van der Waals surface area contributed by atoms with Crippen molar-refractivity contribution in [3.8, 4) is 11.1 Å². The van der Waals surface area contributed by atoms with Crippen molar-refractivity contribution in [2.24, 2.45) is 5.92 Å². The van der Waals surface area contributed by atoms with Crippen LogP contribution in [0, 0.1) is 5.92 Å². The Morgan fingerprint density at radius 3 is 2.37 bits per heavy atom. The van der Waals surface area contributed by atoms with E-state index in [0.717, 1.165) is 17.2 Å². The van der Waals surface area contributed by atoms with E-state index in [4.69, 9.17) is 9.84 Å². The molecule has 0 unspecified atom stereocenters. The fourth-order valence-electron chi connectivity index (χ4n) is 3.92. The Balaban J connectivity index is 2.29. The van der Waals surface area contributed by atoms with Gasteiger partial charge in [0.15, 0.2) is 0 Å². The van der Waals surface area contributed by atoms with Gasteiger partial charge in [0, 0.05) is 29.3 Å². The van der Waals surface area contributed by atoms with E-state index in [0.29, 0.717) is 28.6 Å². The van der Waals surface area contributed by atoms with Gasteiger partial charge in [-0.3, -0.25) is 4.79 Å². The molecular formula is C28H32N2O5. The van der Waals surface area contributed by atoms with Gasteiger partial charge in [0.1, 0.15) is 5.60 Å². The molecule has 7 nitrogen and oxygen atoms in total. The van der Waals surface area contributed by atoms with E-state index in [9.17, 15) is 14.4 Å².